The summed E-state index contributed by atoms with van der Waals surface area (Å²) in [7, 11) is 8.22. The van der Waals surface area contributed by atoms with Crippen LogP contribution in [0.3, 0.4) is 0 Å². The Morgan fingerprint density at radius 1 is 1.33 bits per heavy atom. The van der Waals surface area contributed by atoms with Gasteiger partial charge in [-0.1, -0.05) is 17.7 Å². The zero-order chi connectivity index (χ0) is 5.41. The van der Waals surface area contributed by atoms with Crippen molar-refractivity contribution in [3.63, 3.8) is 0 Å². The summed E-state index contributed by atoms with van der Waals surface area (Å²) < 4.78 is 0. The highest BCUT2D eigenvalue weighted by atomic mass is 36.5. The predicted octanol–water partition coefficient (Wildman–Crippen LogP) is 3.14. The molecule has 0 unspecified atom stereocenters. The predicted molar refractivity (Wildman–Crippen MR) is 32.4 cm³/mol. The van der Waals surface area contributed by atoms with Crippen molar-refractivity contribution in [3.05, 3.63) is 11.6 Å². The molecule has 0 nitrogen and oxygen atoms in total. The Labute approximate surface area is 52.3 Å². The fourth-order valence-corrected chi connectivity index (χ4v) is 0. The van der Waals surface area contributed by atoms with E-state index in [4.69, 9.17) is 11.6 Å². The zero-order valence-electron chi connectivity index (χ0n) is 3.29. The molecule has 0 saturated heterocycles. The lowest BCUT2D eigenvalue weighted by Gasteiger charge is -1.46. The first-order chi connectivity index (χ1) is 2.91. The second-order valence-corrected chi connectivity index (χ2v) is 0.711. The van der Waals surface area contributed by atoms with Crippen LogP contribution in [0.25, 0.3) is 0 Å². The molecule has 0 aromatic heterocycles. The third-order valence-corrected chi connectivity index (χ3v) is 0.378. The summed E-state index contributed by atoms with van der Waals surface area (Å²) in [6.45, 7) is 1.87. The monoisotopic (exact) mass is 146 g/mol. The molecule has 38 valence electrons. The van der Waals surface area contributed by atoms with Crippen molar-refractivity contribution in [1.29, 1.82) is 0 Å². The fraction of sp³-hybridized carbons (Fsp3) is 0.333. The van der Waals surface area contributed by atoms with E-state index in [1.165, 1.54) is 5.54 Å². The Hall–Kier alpha value is 0.610. The van der Waals surface area contributed by atoms with Crippen LogP contribution in [0.15, 0.2) is 11.6 Å². The summed E-state index contributed by atoms with van der Waals surface area (Å²) >= 11 is 5.01. The summed E-state index contributed by atoms with van der Waals surface area (Å²) in [5.74, 6) is 0. The van der Waals surface area contributed by atoms with Gasteiger partial charge >= 0.3 is 0 Å². The highest BCUT2D eigenvalue weighted by Crippen LogP contribution is 1.70. The molecule has 0 heterocycles. The van der Waals surface area contributed by atoms with Crippen molar-refractivity contribution in [2.75, 3.05) is 0 Å². The Kier molecular flexibility index (Phi) is 28.6. The van der Waals surface area contributed by atoms with E-state index in [-0.39, 0.29) is 0 Å². The first kappa shape index (κ1) is 9.79. The van der Waals surface area contributed by atoms with Gasteiger partial charge in [0.05, 0.1) is 0 Å². The van der Waals surface area contributed by atoms with Crippen LogP contribution in [0.1, 0.15) is 6.92 Å². The zero-order valence-corrected chi connectivity index (χ0v) is 5.56. The average molecular weight is 147 g/mol. The standard InChI is InChI=1S/C3H5Cl.Cl2/c1-2-3-4;1-2/h2-3H,1H3;/b3-2+;. The molecule has 0 N–H and O–H groups in total. The van der Waals surface area contributed by atoms with Gasteiger partial charge in [0, 0.05) is 21.7 Å². The molecule has 0 aliphatic carbocycles. The SMILES string of the molecule is C/C=C/Cl.ClCl. The molecule has 0 amide bonds. The lowest BCUT2D eigenvalue weighted by atomic mass is 10.8. The maximum Gasteiger partial charge on any atom is 0 e. The van der Waals surface area contributed by atoms with Gasteiger partial charge in [0.2, 0.25) is 0 Å². The molecule has 0 spiro atoms. The van der Waals surface area contributed by atoms with Gasteiger partial charge in [0.15, 0.2) is 0 Å². The normalized spacial score (nSPS) is 7.33. The minimum absolute atomic E-state index is 1.47. The molecule has 0 bridgehead atoms. The maximum atomic E-state index is 5.01. The van der Waals surface area contributed by atoms with E-state index in [9.17, 15) is 0 Å². The van der Waals surface area contributed by atoms with Crippen molar-refractivity contribution in [3.8, 4) is 0 Å². The lowest BCUT2D eigenvalue weighted by molar-refractivity contribution is 1.78. The van der Waals surface area contributed by atoms with Crippen LogP contribution in [0.4, 0.5) is 0 Å². The molecule has 0 atom stereocenters. The lowest BCUT2D eigenvalue weighted by Crippen LogP contribution is -1.20. The van der Waals surface area contributed by atoms with Crippen LogP contribution in [0, 0.1) is 0 Å². The molecule has 0 rings (SSSR count). The van der Waals surface area contributed by atoms with Gasteiger partial charge in [-0.15, -0.1) is 0 Å². The van der Waals surface area contributed by atoms with Crippen molar-refractivity contribution in [2.24, 2.45) is 0 Å². The number of rotatable bonds is 0. The first-order valence-electron chi connectivity index (χ1n) is 1.27. The summed E-state index contributed by atoms with van der Waals surface area (Å²) in [6.07, 6.45) is 1.77. The van der Waals surface area contributed by atoms with Gasteiger partial charge in [-0.3, -0.25) is 0 Å². The molecular weight excluding hydrogens is 142 g/mol. The van der Waals surface area contributed by atoms with E-state index in [0.29, 0.717) is 0 Å². The van der Waals surface area contributed by atoms with Crippen LogP contribution in [0.2, 0.25) is 0 Å². The topological polar surface area (TPSA) is 0 Å². The quantitative estimate of drug-likeness (QED) is 0.494. The second kappa shape index (κ2) is 17.5. The number of halogens is 3. The van der Waals surface area contributed by atoms with Gasteiger partial charge in [0.25, 0.3) is 0 Å². The van der Waals surface area contributed by atoms with Crippen LogP contribution < -0.4 is 0 Å². The maximum absolute atomic E-state index is 5.01. The number of hydrogen-bond acceptors (Lipinski definition) is 0. The Morgan fingerprint density at radius 3 is 1.50 bits per heavy atom. The molecule has 0 saturated carbocycles. The highest BCUT2D eigenvalue weighted by molar-refractivity contribution is 6.85. The molecule has 0 fully saturated rings. The van der Waals surface area contributed by atoms with E-state index >= 15 is 0 Å². The van der Waals surface area contributed by atoms with Gasteiger partial charge in [0.1, 0.15) is 0 Å². The van der Waals surface area contributed by atoms with E-state index < -0.39 is 0 Å². The summed E-state index contributed by atoms with van der Waals surface area (Å²) in [4.78, 5) is 0. The van der Waals surface area contributed by atoms with Gasteiger partial charge in [-0.25, -0.2) is 0 Å². The molecule has 0 radical (unpaired) electrons. The molecule has 0 aliphatic heterocycles. The smallest absolute Gasteiger partial charge is 0 e. The van der Waals surface area contributed by atoms with E-state index in [0.717, 1.165) is 0 Å². The van der Waals surface area contributed by atoms with Crippen LogP contribution in [-0.4, -0.2) is 0 Å². The summed E-state index contributed by atoms with van der Waals surface area (Å²) in [6, 6.07) is 0. The molecular formula is C3H5Cl3. The van der Waals surface area contributed by atoms with Gasteiger partial charge in [-0.2, -0.15) is 0 Å². The number of hydrogen-bond donors (Lipinski definition) is 0. The van der Waals surface area contributed by atoms with E-state index in [2.05, 4.69) is 21.7 Å². The minimum atomic E-state index is 1.47. The first-order valence-corrected chi connectivity index (χ1v) is 2.85. The average Bonchev–Trinajstić information content (AvgIpc) is 1.72. The van der Waals surface area contributed by atoms with Crippen molar-refractivity contribution < 1.29 is 0 Å². The van der Waals surface area contributed by atoms with Crippen LogP contribution >= 0.6 is 33.3 Å². The number of allylic oxidation sites excluding steroid dienone is 1. The Balaban J connectivity index is 0. The van der Waals surface area contributed by atoms with E-state index in [1.54, 1.807) is 6.08 Å². The molecule has 3 heteroatoms. The molecule has 6 heavy (non-hydrogen) atoms. The summed E-state index contributed by atoms with van der Waals surface area (Å²) in [5.41, 5.74) is 1.47. The van der Waals surface area contributed by atoms with Crippen LogP contribution in [0.5, 0.6) is 0 Å². The summed E-state index contributed by atoms with van der Waals surface area (Å²) in [5, 5.41) is 0. The second-order valence-electron chi connectivity index (χ2n) is 0.459. The van der Waals surface area contributed by atoms with E-state index in [1.807, 2.05) is 6.92 Å². The fourth-order valence-electron chi connectivity index (χ4n) is 0. The molecule has 0 aromatic carbocycles. The van der Waals surface area contributed by atoms with Crippen molar-refractivity contribution >= 4 is 33.3 Å². The van der Waals surface area contributed by atoms with Gasteiger partial charge < -0.3 is 0 Å². The Bertz CT molecular complexity index is 21.2. The van der Waals surface area contributed by atoms with Crippen molar-refractivity contribution in [1.82, 2.24) is 0 Å². The Morgan fingerprint density at radius 2 is 1.50 bits per heavy atom. The minimum Gasteiger partial charge on any atom is -0.0933 e. The largest absolute Gasteiger partial charge is 0.0933 e. The van der Waals surface area contributed by atoms with Crippen molar-refractivity contribution in [2.45, 2.75) is 6.92 Å². The molecule has 0 aliphatic rings. The third-order valence-electron chi connectivity index (χ3n) is 0.126. The highest BCUT2D eigenvalue weighted by Gasteiger charge is 1.37. The molecule has 0 aromatic rings. The third kappa shape index (κ3) is 23.2. The van der Waals surface area contributed by atoms with Gasteiger partial charge in [-0.05, 0) is 12.5 Å². The van der Waals surface area contributed by atoms with Crippen LogP contribution in [-0.2, 0) is 0 Å².